The van der Waals surface area contributed by atoms with Gasteiger partial charge in [0.25, 0.3) is 0 Å². The van der Waals surface area contributed by atoms with Crippen molar-refractivity contribution in [3.8, 4) is 0 Å². The SMILES string of the molecule is CC(=O)[O-].O=C([O-])C(=O)O.[K+].[K+]. The molecule has 12 heavy (non-hydrogen) atoms. The predicted octanol–water partition coefficient (Wildman–Crippen LogP) is -9.41. The number of rotatable bonds is 0. The summed E-state index contributed by atoms with van der Waals surface area (Å²) in [5.74, 6) is -5.09. The van der Waals surface area contributed by atoms with E-state index in [9.17, 15) is 0 Å². The fourth-order valence-electron chi connectivity index (χ4n) is 0. The predicted molar refractivity (Wildman–Crippen MR) is 23.3 cm³/mol. The number of carbonyl (C=O) groups is 3. The maximum atomic E-state index is 9.04. The topological polar surface area (TPSA) is 118 Å². The van der Waals surface area contributed by atoms with Gasteiger partial charge < -0.3 is 24.9 Å². The van der Waals surface area contributed by atoms with Crippen molar-refractivity contribution in [2.75, 3.05) is 0 Å². The van der Waals surface area contributed by atoms with Gasteiger partial charge in [0, 0.05) is 5.97 Å². The molecule has 0 saturated carbocycles. The Kier molecular flexibility index (Phi) is 29.7. The summed E-state index contributed by atoms with van der Waals surface area (Å²) in [5.41, 5.74) is 0. The molecule has 0 saturated heterocycles. The molecule has 0 radical (unpaired) electrons. The third-order valence-electron chi connectivity index (χ3n) is 0.175. The molecule has 0 atom stereocenters. The number of carboxylic acid groups (broad SMARTS) is 3. The second-order valence-electron chi connectivity index (χ2n) is 1.08. The molecule has 0 aromatic rings. The molecule has 0 rings (SSSR count). The van der Waals surface area contributed by atoms with Crippen LogP contribution in [0.1, 0.15) is 6.92 Å². The quantitative estimate of drug-likeness (QED) is 0.324. The van der Waals surface area contributed by atoms with E-state index in [1.54, 1.807) is 0 Å². The van der Waals surface area contributed by atoms with E-state index in [-0.39, 0.29) is 103 Å². The molecular weight excluding hydrogens is 222 g/mol. The van der Waals surface area contributed by atoms with E-state index in [4.69, 9.17) is 29.7 Å². The van der Waals surface area contributed by atoms with Crippen molar-refractivity contribution in [1.82, 2.24) is 0 Å². The van der Waals surface area contributed by atoms with E-state index in [0.717, 1.165) is 6.92 Å². The van der Waals surface area contributed by atoms with Crippen molar-refractivity contribution in [2.24, 2.45) is 0 Å². The summed E-state index contributed by atoms with van der Waals surface area (Å²) in [6, 6.07) is 0. The third kappa shape index (κ3) is 41.3. The van der Waals surface area contributed by atoms with Gasteiger partial charge in [-0.2, -0.15) is 0 Å². The average molecular weight is 226 g/mol. The Labute approximate surface area is 154 Å². The van der Waals surface area contributed by atoms with Crippen LogP contribution in [0.4, 0.5) is 0 Å². The summed E-state index contributed by atoms with van der Waals surface area (Å²) >= 11 is 0. The number of aliphatic carboxylic acids is 3. The molecule has 0 aliphatic rings. The van der Waals surface area contributed by atoms with Gasteiger partial charge >= 0.3 is 109 Å². The van der Waals surface area contributed by atoms with Crippen LogP contribution in [-0.2, 0) is 14.4 Å². The maximum absolute atomic E-state index is 9.04. The molecule has 0 fully saturated rings. The molecular formula is C4H4K2O6. The van der Waals surface area contributed by atoms with Gasteiger partial charge in [-0.15, -0.1) is 0 Å². The van der Waals surface area contributed by atoms with E-state index in [1.807, 2.05) is 0 Å². The van der Waals surface area contributed by atoms with Crippen LogP contribution >= 0.6 is 0 Å². The minimum Gasteiger partial charge on any atom is -0.550 e. The van der Waals surface area contributed by atoms with E-state index >= 15 is 0 Å². The van der Waals surface area contributed by atoms with Crippen molar-refractivity contribution >= 4 is 17.9 Å². The molecule has 0 aromatic heterocycles. The van der Waals surface area contributed by atoms with Gasteiger partial charge in [0.2, 0.25) is 0 Å². The first-order chi connectivity index (χ1) is 4.37. The normalized spacial score (nSPS) is 5.75. The van der Waals surface area contributed by atoms with Crippen molar-refractivity contribution in [1.29, 1.82) is 0 Å². The molecule has 0 spiro atoms. The standard InChI is InChI=1S/C2H2O4.C2H4O2.2K/c3-1(4)2(5)6;1-2(3)4;;/h(H,3,4)(H,5,6);1H3,(H,3,4);;/q;;2*+1/p-2. The van der Waals surface area contributed by atoms with Crippen LogP contribution in [0.5, 0.6) is 0 Å². The minimum absolute atomic E-state index is 0. The molecule has 0 bridgehead atoms. The second kappa shape index (κ2) is 15.2. The van der Waals surface area contributed by atoms with Crippen molar-refractivity contribution in [3.05, 3.63) is 0 Å². The van der Waals surface area contributed by atoms with E-state index < -0.39 is 17.9 Å². The Morgan fingerprint density at radius 1 is 1.08 bits per heavy atom. The summed E-state index contributed by atoms with van der Waals surface area (Å²) in [5, 5.41) is 25.2. The first-order valence-corrected chi connectivity index (χ1v) is 1.99. The van der Waals surface area contributed by atoms with E-state index in [0.29, 0.717) is 0 Å². The largest absolute Gasteiger partial charge is 1.00 e. The number of carboxylic acids is 3. The molecule has 58 valence electrons. The van der Waals surface area contributed by atoms with Gasteiger partial charge in [-0.25, -0.2) is 4.79 Å². The molecule has 0 aromatic carbocycles. The van der Waals surface area contributed by atoms with Crippen molar-refractivity contribution in [2.45, 2.75) is 6.92 Å². The molecule has 8 heteroatoms. The van der Waals surface area contributed by atoms with E-state index in [1.165, 1.54) is 0 Å². The number of hydrogen-bond donors (Lipinski definition) is 1. The fraction of sp³-hybridized carbons (Fsp3) is 0.250. The monoisotopic (exact) mass is 226 g/mol. The third-order valence-corrected chi connectivity index (χ3v) is 0.175. The Bertz CT molecular complexity index is 140. The van der Waals surface area contributed by atoms with Gasteiger partial charge in [-0.3, -0.25) is 0 Å². The first-order valence-electron chi connectivity index (χ1n) is 1.99. The Hall–Kier alpha value is 1.68. The summed E-state index contributed by atoms with van der Waals surface area (Å²) in [7, 11) is 0. The summed E-state index contributed by atoms with van der Waals surface area (Å²) < 4.78 is 0. The zero-order chi connectivity index (χ0) is 8.73. The van der Waals surface area contributed by atoms with Gasteiger partial charge in [-0.05, 0) is 6.92 Å². The zero-order valence-corrected chi connectivity index (χ0v) is 13.2. The Balaban J connectivity index is -0.0000000483. The maximum Gasteiger partial charge on any atom is 1.00 e. The minimum atomic E-state index is -2.07. The summed E-state index contributed by atoms with van der Waals surface area (Å²) in [4.78, 5) is 26.9. The summed E-state index contributed by atoms with van der Waals surface area (Å²) in [6.07, 6.45) is 0. The Morgan fingerprint density at radius 2 is 1.17 bits per heavy atom. The van der Waals surface area contributed by atoms with Crippen LogP contribution in [-0.4, -0.2) is 23.0 Å². The number of hydrogen-bond acceptors (Lipinski definition) is 5. The van der Waals surface area contributed by atoms with E-state index in [2.05, 4.69) is 0 Å². The van der Waals surface area contributed by atoms with Crippen LogP contribution in [0.2, 0.25) is 0 Å². The van der Waals surface area contributed by atoms with Crippen LogP contribution in [0, 0.1) is 0 Å². The first kappa shape index (κ1) is 23.5. The van der Waals surface area contributed by atoms with Crippen LogP contribution in [0.3, 0.4) is 0 Å². The molecule has 0 heterocycles. The Morgan fingerprint density at radius 3 is 1.17 bits per heavy atom. The van der Waals surface area contributed by atoms with Gasteiger partial charge in [0.05, 0.1) is 0 Å². The fourth-order valence-corrected chi connectivity index (χ4v) is 0. The van der Waals surface area contributed by atoms with Gasteiger partial charge in [0.1, 0.15) is 0 Å². The smallest absolute Gasteiger partial charge is 0.550 e. The van der Waals surface area contributed by atoms with Gasteiger partial charge in [0.15, 0.2) is 5.97 Å². The van der Waals surface area contributed by atoms with Crippen molar-refractivity contribution in [3.63, 3.8) is 0 Å². The molecule has 0 aliphatic heterocycles. The average Bonchev–Trinajstić information content (AvgIpc) is 1.63. The van der Waals surface area contributed by atoms with Crippen LogP contribution in [0.25, 0.3) is 0 Å². The zero-order valence-electron chi connectivity index (χ0n) is 6.99. The molecule has 0 aliphatic carbocycles. The second-order valence-corrected chi connectivity index (χ2v) is 1.08. The van der Waals surface area contributed by atoms with Crippen LogP contribution < -0.4 is 113 Å². The van der Waals surface area contributed by atoms with Gasteiger partial charge in [-0.1, -0.05) is 0 Å². The molecule has 0 unspecified atom stereocenters. The molecule has 1 N–H and O–H groups in total. The molecule has 6 nitrogen and oxygen atoms in total. The number of carbonyl (C=O) groups excluding carboxylic acids is 2. The van der Waals surface area contributed by atoms with Crippen LogP contribution in [0.15, 0.2) is 0 Å². The molecule has 0 amide bonds. The summed E-state index contributed by atoms with van der Waals surface area (Å²) in [6.45, 7) is 0.972. The van der Waals surface area contributed by atoms with Crippen molar-refractivity contribution < 1.29 is 132 Å².